The minimum atomic E-state index is -4.93. The number of ether oxygens (including phenoxy) is 1. The van der Waals surface area contributed by atoms with E-state index in [2.05, 4.69) is 0 Å². The topological polar surface area (TPSA) is 55.4 Å². The number of unbranched alkanes of at least 4 members (excludes halogenated alkanes) is 1. The Hall–Kier alpha value is -2.29. The quantitative estimate of drug-likeness (QED) is 0.544. The fourth-order valence-corrected chi connectivity index (χ4v) is 3.14. The zero-order valence-electron chi connectivity index (χ0n) is 13.8. The zero-order chi connectivity index (χ0) is 19.4. The molecule has 0 aliphatic rings. The van der Waals surface area contributed by atoms with Crippen molar-refractivity contribution in [2.75, 3.05) is 11.3 Å². The fraction of sp³-hybridized carbons (Fsp3) is 0.294. The van der Waals surface area contributed by atoms with Crippen LogP contribution in [0.4, 0.5) is 23.2 Å². The summed E-state index contributed by atoms with van der Waals surface area (Å²) in [5.41, 5.74) is -2.32. The third-order valence-corrected chi connectivity index (χ3v) is 4.83. The van der Waals surface area contributed by atoms with Gasteiger partial charge in [-0.3, -0.25) is 4.72 Å². The molecule has 0 spiro atoms. The Morgan fingerprint density at radius 2 is 1.73 bits per heavy atom. The summed E-state index contributed by atoms with van der Waals surface area (Å²) in [5, 5.41) is 0. The van der Waals surface area contributed by atoms with Crippen LogP contribution < -0.4 is 9.46 Å². The normalized spacial score (nSPS) is 12.0. The third-order valence-electron chi connectivity index (χ3n) is 3.45. The van der Waals surface area contributed by atoms with Crippen LogP contribution in [0.25, 0.3) is 0 Å². The van der Waals surface area contributed by atoms with Gasteiger partial charge in [-0.25, -0.2) is 12.8 Å². The monoisotopic (exact) mass is 391 g/mol. The highest BCUT2D eigenvalue weighted by atomic mass is 32.2. The molecule has 0 aromatic heterocycles. The molecule has 0 amide bonds. The molecule has 0 saturated heterocycles. The lowest BCUT2D eigenvalue weighted by atomic mass is 10.2. The average molecular weight is 391 g/mol. The van der Waals surface area contributed by atoms with E-state index in [1.54, 1.807) is 0 Å². The molecule has 0 radical (unpaired) electrons. The van der Waals surface area contributed by atoms with Crippen molar-refractivity contribution in [3.05, 3.63) is 53.8 Å². The van der Waals surface area contributed by atoms with E-state index in [1.165, 1.54) is 24.3 Å². The maximum atomic E-state index is 14.0. The molecule has 9 heteroatoms. The van der Waals surface area contributed by atoms with Gasteiger partial charge in [0.2, 0.25) is 0 Å². The molecule has 1 N–H and O–H groups in total. The second-order valence-electron chi connectivity index (χ2n) is 5.44. The van der Waals surface area contributed by atoms with Crippen LogP contribution in [0.5, 0.6) is 5.75 Å². The van der Waals surface area contributed by atoms with E-state index < -0.39 is 33.3 Å². The lowest BCUT2D eigenvalue weighted by Gasteiger charge is -2.13. The molecule has 0 heterocycles. The third kappa shape index (κ3) is 4.87. The van der Waals surface area contributed by atoms with E-state index in [0.717, 1.165) is 25.0 Å². The molecule has 0 aliphatic carbocycles. The summed E-state index contributed by atoms with van der Waals surface area (Å²) in [7, 11) is -4.25. The van der Waals surface area contributed by atoms with E-state index in [-0.39, 0.29) is 4.90 Å². The first-order chi connectivity index (χ1) is 12.1. The van der Waals surface area contributed by atoms with Crippen LogP contribution in [-0.2, 0) is 16.2 Å². The summed E-state index contributed by atoms with van der Waals surface area (Å²) < 4.78 is 84.0. The summed E-state index contributed by atoms with van der Waals surface area (Å²) in [6.07, 6.45) is -3.14. The van der Waals surface area contributed by atoms with E-state index in [0.29, 0.717) is 18.4 Å². The number of rotatable bonds is 7. The Labute approximate surface area is 148 Å². The molecule has 26 heavy (non-hydrogen) atoms. The van der Waals surface area contributed by atoms with Gasteiger partial charge in [-0.2, -0.15) is 13.2 Å². The highest BCUT2D eigenvalue weighted by Crippen LogP contribution is 2.34. The van der Waals surface area contributed by atoms with Gasteiger partial charge in [0.1, 0.15) is 5.75 Å². The van der Waals surface area contributed by atoms with Gasteiger partial charge < -0.3 is 4.74 Å². The number of sulfonamides is 1. The predicted molar refractivity (Wildman–Crippen MR) is 89.1 cm³/mol. The maximum Gasteiger partial charge on any atom is 0.419 e. The fourth-order valence-electron chi connectivity index (χ4n) is 2.08. The van der Waals surface area contributed by atoms with Gasteiger partial charge in [0.15, 0.2) is 5.82 Å². The molecule has 0 saturated carbocycles. The zero-order valence-corrected chi connectivity index (χ0v) is 14.6. The van der Waals surface area contributed by atoms with Gasteiger partial charge in [0.25, 0.3) is 10.0 Å². The van der Waals surface area contributed by atoms with Crippen LogP contribution in [0.1, 0.15) is 25.3 Å². The summed E-state index contributed by atoms with van der Waals surface area (Å²) in [5.74, 6) is -1.22. The van der Waals surface area contributed by atoms with Gasteiger partial charge in [-0.1, -0.05) is 19.4 Å². The van der Waals surface area contributed by atoms with E-state index in [4.69, 9.17) is 4.74 Å². The highest BCUT2D eigenvalue weighted by molar-refractivity contribution is 7.92. The second kappa shape index (κ2) is 7.94. The summed E-state index contributed by atoms with van der Waals surface area (Å²) >= 11 is 0. The molecule has 2 rings (SSSR count). The maximum absolute atomic E-state index is 14.0. The molecule has 2 aromatic rings. The molecular formula is C17H17F4NO3S. The highest BCUT2D eigenvalue weighted by Gasteiger charge is 2.35. The summed E-state index contributed by atoms with van der Waals surface area (Å²) in [6.45, 7) is 2.48. The van der Waals surface area contributed by atoms with E-state index >= 15 is 0 Å². The lowest BCUT2D eigenvalue weighted by Crippen LogP contribution is -2.16. The van der Waals surface area contributed by atoms with Crippen LogP contribution in [-0.4, -0.2) is 15.0 Å². The van der Waals surface area contributed by atoms with Crippen LogP contribution >= 0.6 is 0 Å². The molecule has 0 aliphatic heterocycles. The first kappa shape index (κ1) is 20.0. The largest absolute Gasteiger partial charge is 0.494 e. The molecule has 0 atom stereocenters. The second-order valence-corrected chi connectivity index (χ2v) is 7.13. The first-order valence-electron chi connectivity index (χ1n) is 7.76. The Balaban J connectivity index is 2.21. The van der Waals surface area contributed by atoms with Crippen molar-refractivity contribution < 1.29 is 30.7 Å². The number of hydrogen-bond donors (Lipinski definition) is 1. The molecule has 0 unspecified atom stereocenters. The van der Waals surface area contributed by atoms with Crippen molar-refractivity contribution in [3.8, 4) is 5.75 Å². The van der Waals surface area contributed by atoms with Crippen molar-refractivity contribution >= 4 is 15.7 Å². The summed E-state index contributed by atoms with van der Waals surface area (Å²) in [6, 6.07) is 7.69. The molecular weight excluding hydrogens is 374 g/mol. The van der Waals surface area contributed by atoms with Gasteiger partial charge in [0.05, 0.1) is 22.8 Å². The minimum Gasteiger partial charge on any atom is -0.494 e. The van der Waals surface area contributed by atoms with E-state index in [9.17, 15) is 26.0 Å². The van der Waals surface area contributed by atoms with Crippen molar-refractivity contribution in [1.82, 2.24) is 0 Å². The Morgan fingerprint density at radius 1 is 1.08 bits per heavy atom. The Bertz CT molecular complexity index is 849. The minimum absolute atomic E-state index is 0.225. The van der Waals surface area contributed by atoms with Crippen LogP contribution in [0, 0.1) is 5.82 Å². The van der Waals surface area contributed by atoms with Gasteiger partial charge in [0, 0.05) is 0 Å². The van der Waals surface area contributed by atoms with Crippen molar-refractivity contribution in [1.29, 1.82) is 0 Å². The first-order valence-corrected chi connectivity index (χ1v) is 9.25. The summed E-state index contributed by atoms with van der Waals surface area (Å²) in [4.78, 5) is -0.225. The number of benzene rings is 2. The average Bonchev–Trinajstić information content (AvgIpc) is 2.56. The van der Waals surface area contributed by atoms with Gasteiger partial charge >= 0.3 is 6.18 Å². The van der Waals surface area contributed by atoms with Gasteiger partial charge in [-0.15, -0.1) is 0 Å². The number of halogens is 4. The number of anilines is 1. The van der Waals surface area contributed by atoms with Crippen LogP contribution in [0.3, 0.4) is 0 Å². The van der Waals surface area contributed by atoms with Crippen molar-refractivity contribution in [2.45, 2.75) is 30.8 Å². The Morgan fingerprint density at radius 3 is 2.31 bits per heavy atom. The number of hydrogen-bond acceptors (Lipinski definition) is 3. The predicted octanol–water partition coefficient (Wildman–Crippen LogP) is 4.82. The molecule has 142 valence electrons. The van der Waals surface area contributed by atoms with E-state index in [1.807, 2.05) is 11.6 Å². The molecule has 4 nitrogen and oxygen atoms in total. The van der Waals surface area contributed by atoms with Crippen molar-refractivity contribution in [3.63, 3.8) is 0 Å². The molecule has 2 aromatic carbocycles. The van der Waals surface area contributed by atoms with Crippen LogP contribution in [0.2, 0.25) is 0 Å². The smallest absolute Gasteiger partial charge is 0.419 e. The SMILES string of the molecule is CCCCOc1ccc(S(=O)(=O)Nc2cccc(C(F)(F)F)c2F)cc1. The lowest BCUT2D eigenvalue weighted by molar-refractivity contribution is -0.139. The Kier molecular flexibility index (Phi) is 6.12. The standard InChI is InChI=1S/C17H17F4NO3S/c1-2-3-11-25-12-7-9-13(10-8-12)26(23,24)22-15-6-4-5-14(16(15)18)17(19,20)21/h4-10,22H,2-3,11H2,1H3. The van der Waals surface area contributed by atoms with Gasteiger partial charge in [-0.05, 0) is 42.8 Å². The molecule has 0 bridgehead atoms. The molecule has 0 fully saturated rings. The van der Waals surface area contributed by atoms with Crippen molar-refractivity contribution in [2.24, 2.45) is 0 Å². The number of alkyl halides is 3. The number of nitrogens with one attached hydrogen (secondary N) is 1. The van der Waals surface area contributed by atoms with Crippen LogP contribution in [0.15, 0.2) is 47.4 Å².